The van der Waals surface area contributed by atoms with Crippen LogP contribution in [0.4, 0.5) is 11.4 Å². The Balaban J connectivity index is 1.50. The zero-order chi connectivity index (χ0) is 22.5. The summed E-state index contributed by atoms with van der Waals surface area (Å²) in [5.41, 5.74) is 6.05. The molecule has 2 N–H and O–H groups in total. The third-order valence-corrected chi connectivity index (χ3v) is 5.63. The van der Waals surface area contributed by atoms with Crippen LogP contribution in [0, 0.1) is 10.1 Å². The lowest BCUT2D eigenvalue weighted by Crippen LogP contribution is -2.33. The molecule has 1 aliphatic heterocycles. The van der Waals surface area contributed by atoms with E-state index in [9.17, 15) is 14.9 Å². The Morgan fingerprint density at radius 3 is 2.53 bits per heavy atom. The topological polar surface area (TPSA) is 108 Å². The molecule has 166 valence electrons. The molecule has 0 unspecified atom stereocenters. The van der Waals surface area contributed by atoms with Crippen molar-refractivity contribution in [2.45, 2.75) is 19.3 Å². The van der Waals surface area contributed by atoms with Gasteiger partial charge in [0.15, 0.2) is 0 Å². The summed E-state index contributed by atoms with van der Waals surface area (Å²) in [6.07, 6.45) is 3.63. The number of piperidine rings is 1. The molecule has 8 nitrogen and oxygen atoms in total. The summed E-state index contributed by atoms with van der Waals surface area (Å²) in [6, 6.07) is 14.7. The van der Waals surface area contributed by atoms with Crippen molar-refractivity contribution in [1.82, 2.24) is 4.90 Å². The van der Waals surface area contributed by atoms with Gasteiger partial charge in [-0.15, -0.1) is 0 Å². The van der Waals surface area contributed by atoms with Crippen LogP contribution in [0.25, 0.3) is 10.8 Å². The van der Waals surface area contributed by atoms with Gasteiger partial charge in [0.25, 0.3) is 5.69 Å². The molecule has 32 heavy (non-hydrogen) atoms. The Morgan fingerprint density at radius 1 is 1.03 bits per heavy atom. The largest absolute Gasteiger partial charge is 0.492 e. The Kier molecular flexibility index (Phi) is 6.51. The predicted molar refractivity (Wildman–Crippen MR) is 122 cm³/mol. The van der Waals surface area contributed by atoms with E-state index in [1.807, 2.05) is 12.1 Å². The van der Waals surface area contributed by atoms with Crippen LogP contribution in [-0.2, 0) is 0 Å². The van der Waals surface area contributed by atoms with Crippen LogP contribution in [0.15, 0.2) is 54.6 Å². The van der Waals surface area contributed by atoms with Gasteiger partial charge in [0.1, 0.15) is 23.7 Å². The summed E-state index contributed by atoms with van der Waals surface area (Å²) < 4.78 is 11.2. The maximum absolute atomic E-state index is 12.8. The molecule has 3 aromatic carbocycles. The summed E-state index contributed by atoms with van der Waals surface area (Å²) in [7, 11) is 0. The van der Waals surface area contributed by atoms with Crippen LogP contribution in [0.5, 0.6) is 11.5 Å². The number of esters is 1. The molecule has 0 amide bonds. The first-order valence-electron chi connectivity index (χ1n) is 10.7. The van der Waals surface area contributed by atoms with Crippen LogP contribution in [0.1, 0.15) is 29.6 Å². The average molecular weight is 435 g/mol. The molecule has 0 saturated carbocycles. The molecule has 0 atom stereocenters. The van der Waals surface area contributed by atoms with E-state index in [2.05, 4.69) is 4.90 Å². The smallest absolute Gasteiger partial charge is 0.350 e. The summed E-state index contributed by atoms with van der Waals surface area (Å²) >= 11 is 0. The molecule has 8 heteroatoms. The lowest BCUT2D eigenvalue weighted by molar-refractivity contribution is -0.385. The third kappa shape index (κ3) is 4.81. The summed E-state index contributed by atoms with van der Waals surface area (Å²) in [6.45, 7) is 3.29. The van der Waals surface area contributed by atoms with Gasteiger partial charge in [-0.05, 0) is 50.2 Å². The first-order chi connectivity index (χ1) is 15.5. The van der Waals surface area contributed by atoms with Crippen molar-refractivity contribution in [3.63, 3.8) is 0 Å². The zero-order valence-electron chi connectivity index (χ0n) is 17.7. The fourth-order valence-corrected chi connectivity index (χ4v) is 3.94. The average Bonchev–Trinajstić information content (AvgIpc) is 2.81. The van der Waals surface area contributed by atoms with Gasteiger partial charge in [-0.1, -0.05) is 30.7 Å². The van der Waals surface area contributed by atoms with Crippen LogP contribution in [0.3, 0.4) is 0 Å². The van der Waals surface area contributed by atoms with Crippen molar-refractivity contribution in [2.24, 2.45) is 0 Å². The SMILES string of the molecule is Nc1ccc(OC(=O)c2ccc(OCCN3CCCCC3)cc2[N+](=O)[O-])c2ccccc12. The van der Waals surface area contributed by atoms with E-state index >= 15 is 0 Å². The minimum atomic E-state index is -0.813. The van der Waals surface area contributed by atoms with Crippen LogP contribution in [0.2, 0.25) is 0 Å². The van der Waals surface area contributed by atoms with Gasteiger partial charge in [0.2, 0.25) is 0 Å². The van der Waals surface area contributed by atoms with Crippen LogP contribution in [-0.4, -0.2) is 42.0 Å². The lowest BCUT2D eigenvalue weighted by Gasteiger charge is -2.26. The fraction of sp³-hybridized carbons (Fsp3) is 0.292. The molecule has 1 saturated heterocycles. The third-order valence-electron chi connectivity index (χ3n) is 5.63. The first-order valence-corrected chi connectivity index (χ1v) is 10.7. The summed E-state index contributed by atoms with van der Waals surface area (Å²) in [5, 5.41) is 13.0. The number of benzene rings is 3. The molecular weight excluding hydrogens is 410 g/mol. The molecule has 0 aromatic heterocycles. The first kappa shape index (κ1) is 21.6. The van der Waals surface area contributed by atoms with Gasteiger partial charge < -0.3 is 15.2 Å². The highest BCUT2D eigenvalue weighted by Crippen LogP contribution is 2.32. The van der Waals surface area contributed by atoms with Crippen molar-refractivity contribution in [3.05, 3.63) is 70.3 Å². The Bertz CT molecular complexity index is 1140. The minimum absolute atomic E-state index is 0.140. The van der Waals surface area contributed by atoms with Gasteiger partial charge >= 0.3 is 5.97 Å². The molecular formula is C24H25N3O5. The van der Waals surface area contributed by atoms with E-state index in [1.165, 1.54) is 31.4 Å². The van der Waals surface area contributed by atoms with Crippen molar-refractivity contribution in [2.75, 3.05) is 32.0 Å². The Morgan fingerprint density at radius 2 is 1.78 bits per heavy atom. The Labute approximate surface area is 185 Å². The summed E-state index contributed by atoms with van der Waals surface area (Å²) in [5.74, 6) is -0.175. The summed E-state index contributed by atoms with van der Waals surface area (Å²) in [4.78, 5) is 26.1. The number of rotatable bonds is 7. The predicted octanol–water partition coefficient (Wildman–Crippen LogP) is 4.41. The number of fused-ring (bicyclic) bond motifs is 1. The van der Waals surface area contributed by atoms with Crippen molar-refractivity contribution in [1.29, 1.82) is 0 Å². The number of nitrogens with zero attached hydrogens (tertiary/aromatic N) is 2. The van der Waals surface area contributed by atoms with E-state index < -0.39 is 10.9 Å². The van der Waals surface area contributed by atoms with E-state index in [0.717, 1.165) is 25.0 Å². The number of hydrogen-bond donors (Lipinski definition) is 1. The highest BCUT2D eigenvalue weighted by Gasteiger charge is 2.24. The normalized spacial score (nSPS) is 14.2. The number of nitrogens with two attached hydrogens (primary N) is 1. The number of nitrogen functional groups attached to an aromatic ring is 1. The number of likely N-dealkylation sites (tertiary alicyclic amines) is 1. The maximum atomic E-state index is 12.8. The fourth-order valence-electron chi connectivity index (χ4n) is 3.94. The molecule has 1 fully saturated rings. The van der Waals surface area contributed by atoms with E-state index in [4.69, 9.17) is 15.2 Å². The number of nitro groups is 1. The molecule has 1 aliphatic rings. The molecule has 4 rings (SSSR count). The maximum Gasteiger partial charge on any atom is 0.350 e. The second-order valence-electron chi connectivity index (χ2n) is 7.77. The van der Waals surface area contributed by atoms with Crippen molar-refractivity contribution >= 4 is 28.1 Å². The number of nitro benzene ring substituents is 1. The van der Waals surface area contributed by atoms with Crippen molar-refractivity contribution in [3.8, 4) is 11.5 Å². The van der Waals surface area contributed by atoms with Crippen LogP contribution >= 0.6 is 0 Å². The Hall–Kier alpha value is -3.65. The second kappa shape index (κ2) is 9.65. The van der Waals surface area contributed by atoms with Gasteiger partial charge in [-0.25, -0.2) is 4.79 Å². The second-order valence-corrected chi connectivity index (χ2v) is 7.77. The van der Waals surface area contributed by atoms with Gasteiger partial charge in [0, 0.05) is 23.0 Å². The quantitative estimate of drug-likeness (QED) is 0.192. The zero-order valence-corrected chi connectivity index (χ0v) is 17.7. The molecule has 0 aliphatic carbocycles. The van der Waals surface area contributed by atoms with Gasteiger partial charge in [0.05, 0.1) is 11.0 Å². The van der Waals surface area contributed by atoms with E-state index in [0.29, 0.717) is 23.4 Å². The molecule has 0 radical (unpaired) electrons. The number of carbonyl (C=O) groups excluding carboxylic acids is 1. The van der Waals surface area contributed by atoms with Crippen molar-refractivity contribution < 1.29 is 19.2 Å². The highest BCUT2D eigenvalue weighted by atomic mass is 16.6. The van der Waals surface area contributed by atoms with Gasteiger partial charge in [-0.2, -0.15) is 0 Å². The van der Waals surface area contributed by atoms with E-state index in [-0.39, 0.29) is 17.0 Å². The molecule has 0 spiro atoms. The molecule has 0 bridgehead atoms. The standard InChI is InChI=1S/C24H25N3O5/c25-21-10-11-23(19-7-3-2-6-18(19)21)32-24(28)20-9-8-17(16-22(20)27(29)30)31-15-14-26-12-4-1-5-13-26/h2-3,6-11,16H,1,4-5,12-15,25H2. The number of carbonyl (C=O) groups is 1. The monoisotopic (exact) mass is 435 g/mol. The molecule has 1 heterocycles. The van der Waals surface area contributed by atoms with Gasteiger partial charge in [-0.3, -0.25) is 15.0 Å². The molecule has 3 aromatic rings. The lowest BCUT2D eigenvalue weighted by atomic mass is 10.1. The number of hydrogen-bond acceptors (Lipinski definition) is 7. The highest BCUT2D eigenvalue weighted by molar-refractivity contribution is 6.01. The number of anilines is 1. The van der Waals surface area contributed by atoms with E-state index in [1.54, 1.807) is 30.3 Å². The van der Waals surface area contributed by atoms with Crippen LogP contribution < -0.4 is 15.2 Å². The number of ether oxygens (including phenoxy) is 2. The minimum Gasteiger partial charge on any atom is -0.492 e.